The Labute approximate surface area is 175 Å². The Balaban J connectivity index is 1.33. The van der Waals surface area contributed by atoms with E-state index < -0.39 is 0 Å². The Kier molecular flexibility index (Phi) is 5.87. The number of piperazine rings is 1. The standard InChI is InChI=1S/C26H34N2O/c1-3-10-22(11-4-1)26-25-15-8-16-27(25)17-18-28(26)20-21-9-7-14-24(19-21)29-23-12-5-2-6-13-23/h2,5-7,9,12-14,19,22,25-26H,1,3-4,8,10-11,15-18,20H2/t25-,26-/m0/s1. The number of hydrogen-bond donors (Lipinski definition) is 0. The molecule has 0 aromatic heterocycles. The lowest BCUT2D eigenvalue weighted by atomic mass is 9.78. The third kappa shape index (κ3) is 4.36. The maximum absolute atomic E-state index is 6.09. The van der Waals surface area contributed by atoms with Crippen molar-refractivity contribution in [3.05, 3.63) is 60.2 Å². The van der Waals surface area contributed by atoms with Gasteiger partial charge in [-0.05, 0) is 68.0 Å². The van der Waals surface area contributed by atoms with Gasteiger partial charge in [-0.15, -0.1) is 0 Å². The molecule has 2 aromatic carbocycles. The number of hydrogen-bond acceptors (Lipinski definition) is 3. The zero-order chi connectivity index (χ0) is 19.5. The molecule has 0 amide bonds. The molecule has 154 valence electrons. The molecule has 0 spiro atoms. The fourth-order valence-corrected chi connectivity index (χ4v) is 6.00. The van der Waals surface area contributed by atoms with Gasteiger partial charge < -0.3 is 4.74 Å². The molecule has 0 N–H and O–H groups in total. The number of nitrogens with zero attached hydrogens (tertiary/aromatic N) is 2. The molecule has 2 heterocycles. The Hall–Kier alpha value is -1.84. The number of fused-ring (bicyclic) bond motifs is 1. The van der Waals surface area contributed by atoms with Crippen molar-refractivity contribution in [1.29, 1.82) is 0 Å². The van der Waals surface area contributed by atoms with Crippen LogP contribution < -0.4 is 4.74 Å². The minimum atomic E-state index is 0.741. The summed E-state index contributed by atoms with van der Waals surface area (Å²) in [5.74, 6) is 2.74. The topological polar surface area (TPSA) is 15.7 Å². The Morgan fingerprint density at radius 2 is 1.59 bits per heavy atom. The summed E-state index contributed by atoms with van der Waals surface area (Å²) < 4.78 is 6.09. The molecule has 2 aliphatic heterocycles. The molecule has 0 bridgehead atoms. The quantitative estimate of drug-likeness (QED) is 0.650. The van der Waals surface area contributed by atoms with Crippen LogP contribution in [0.4, 0.5) is 0 Å². The fourth-order valence-electron chi connectivity index (χ4n) is 6.00. The molecule has 5 rings (SSSR count). The average molecular weight is 391 g/mol. The maximum atomic E-state index is 6.09. The van der Waals surface area contributed by atoms with E-state index in [0.717, 1.165) is 36.0 Å². The van der Waals surface area contributed by atoms with Crippen molar-refractivity contribution in [2.75, 3.05) is 19.6 Å². The van der Waals surface area contributed by atoms with Gasteiger partial charge in [0.15, 0.2) is 0 Å². The minimum absolute atomic E-state index is 0.741. The van der Waals surface area contributed by atoms with Gasteiger partial charge in [-0.3, -0.25) is 9.80 Å². The molecule has 0 unspecified atom stereocenters. The third-order valence-electron chi connectivity index (χ3n) is 7.30. The normalized spacial score (nSPS) is 26.3. The van der Waals surface area contributed by atoms with Crippen LogP contribution in [0.1, 0.15) is 50.5 Å². The van der Waals surface area contributed by atoms with E-state index in [1.807, 2.05) is 30.3 Å². The fraction of sp³-hybridized carbons (Fsp3) is 0.538. The highest BCUT2D eigenvalue weighted by Gasteiger charge is 2.42. The van der Waals surface area contributed by atoms with E-state index in [1.54, 1.807) is 0 Å². The van der Waals surface area contributed by atoms with E-state index in [-0.39, 0.29) is 0 Å². The lowest BCUT2D eigenvalue weighted by Gasteiger charge is -2.49. The van der Waals surface area contributed by atoms with Crippen molar-refractivity contribution in [3.8, 4) is 11.5 Å². The van der Waals surface area contributed by atoms with Crippen LogP contribution in [0.25, 0.3) is 0 Å². The van der Waals surface area contributed by atoms with E-state index >= 15 is 0 Å². The number of benzene rings is 2. The summed E-state index contributed by atoms with van der Waals surface area (Å²) in [6.07, 6.45) is 9.96. The maximum Gasteiger partial charge on any atom is 0.127 e. The van der Waals surface area contributed by atoms with Crippen molar-refractivity contribution in [2.45, 2.75) is 63.6 Å². The minimum Gasteiger partial charge on any atom is -0.457 e. The molecule has 3 fully saturated rings. The number of ether oxygens (including phenoxy) is 1. The lowest BCUT2D eigenvalue weighted by molar-refractivity contribution is -0.00381. The number of para-hydroxylation sites is 1. The molecular weight excluding hydrogens is 356 g/mol. The van der Waals surface area contributed by atoms with Crippen LogP contribution in [0.2, 0.25) is 0 Å². The van der Waals surface area contributed by atoms with Crippen LogP contribution >= 0.6 is 0 Å². The molecule has 3 heteroatoms. The highest BCUT2D eigenvalue weighted by Crippen LogP contribution is 2.38. The zero-order valence-corrected chi connectivity index (χ0v) is 17.5. The van der Waals surface area contributed by atoms with Gasteiger partial charge >= 0.3 is 0 Å². The van der Waals surface area contributed by atoms with Crippen LogP contribution in [-0.4, -0.2) is 41.5 Å². The second-order valence-electron chi connectivity index (χ2n) is 9.17. The Bertz CT molecular complexity index is 786. The van der Waals surface area contributed by atoms with Crippen LogP contribution in [-0.2, 0) is 6.54 Å². The summed E-state index contributed by atoms with van der Waals surface area (Å²) in [6.45, 7) is 4.83. The summed E-state index contributed by atoms with van der Waals surface area (Å²) >= 11 is 0. The van der Waals surface area contributed by atoms with Crippen molar-refractivity contribution in [1.82, 2.24) is 9.80 Å². The van der Waals surface area contributed by atoms with Crippen LogP contribution in [0.15, 0.2) is 54.6 Å². The van der Waals surface area contributed by atoms with E-state index in [9.17, 15) is 0 Å². The van der Waals surface area contributed by atoms with Gasteiger partial charge in [0, 0.05) is 31.7 Å². The van der Waals surface area contributed by atoms with Gasteiger partial charge in [0.05, 0.1) is 0 Å². The van der Waals surface area contributed by atoms with Gasteiger partial charge in [-0.2, -0.15) is 0 Å². The second kappa shape index (κ2) is 8.89. The summed E-state index contributed by atoms with van der Waals surface area (Å²) in [5, 5.41) is 0. The van der Waals surface area contributed by atoms with E-state index in [4.69, 9.17) is 4.74 Å². The van der Waals surface area contributed by atoms with Crippen molar-refractivity contribution in [2.24, 2.45) is 5.92 Å². The highest BCUT2D eigenvalue weighted by atomic mass is 16.5. The number of rotatable bonds is 5. The molecule has 29 heavy (non-hydrogen) atoms. The molecule has 3 nitrogen and oxygen atoms in total. The smallest absolute Gasteiger partial charge is 0.127 e. The first-order valence-corrected chi connectivity index (χ1v) is 11.7. The van der Waals surface area contributed by atoms with Crippen molar-refractivity contribution >= 4 is 0 Å². The second-order valence-corrected chi connectivity index (χ2v) is 9.17. The van der Waals surface area contributed by atoms with Gasteiger partial charge in [-0.25, -0.2) is 0 Å². The van der Waals surface area contributed by atoms with Crippen LogP contribution in [0, 0.1) is 5.92 Å². The first-order valence-electron chi connectivity index (χ1n) is 11.7. The van der Waals surface area contributed by atoms with E-state index in [1.165, 1.54) is 70.1 Å². The molecule has 2 atom stereocenters. The largest absolute Gasteiger partial charge is 0.457 e. The Morgan fingerprint density at radius 1 is 0.759 bits per heavy atom. The first-order chi connectivity index (χ1) is 14.4. The molecule has 1 aliphatic carbocycles. The summed E-state index contributed by atoms with van der Waals surface area (Å²) in [7, 11) is 0. The van der Waals surface area contributed by atoms with Crippen molar-refractivity contribution in [3.63, 3.8) is 0 Å². The van der Waals surface area contributed by atoms with Gasteiger partial charge in [-0.1, -0.05) is 49.6 Å². The molecule has 3 aliphatic rings. The zero-order valence-electron chi connectivity index (χ0n) is 17.5. The van der Waals surface area contributed by atoms with Gasteiger partial charge in [0.2, 0.25) is 0 Å². The van der Waals surface area contributed by atoms with Crippen LogP contribution in [0.3, 0.4) is 0 Å². The molecule has 1 saturated carbocycles. The monoisotopic (exact) mass is 390 g/mol. The summed E-state index contributed by atoms with van der Waals surface area (Å²) in [6, 6.07) is 20.4. The summed E-state index contributed by atoms with van der Waals surface area (Å²) in [5.41, 5.74) is 1.38. The lowest BCUT2D eigenvalue weighted by Crippen LogP contribution is -2.59. The van der Waals surface area contributed by atoms with Crippen LogP contribution in [0.5, 0.6) is 11.5 Å². The van der Waals surface area contributed by atoms with Gasteiger partial charge in [0.25, 0.3) is 0 Å². The molecular formula is C26H34N2O. The van der Waals surface area contributed by atoms with E-state index in [2.05, 4.69) is 34.1 Å². The Morgan fingerprint density at radius 3 is 2.45 bits per heavy atom. The molecule has 2 aromatic rings. The molecule has 2 saturated heterocycles. The first kappa shape index (κ1) is 19.1. The predicted molar refractivity (Wildman–Crippen MR) is 118 cm³/mol. The SMILES string of the molecule is c1ccc(Oc2cccc(CN3CCN4CCC[C@H]4[C@@H]3C3CCCCC3)c2)cc1. The predicted octanol–water partition coefficient (Wildman–Crippen LogP) is 5.71. The average Bonchev–Trinajstić information content (AvgIpc) is 3.24. The van der Waals surface area contributed by atoms with E-state index in [0.29, 0.717) is 0 Å². The highest BCUT2D eigenvalue weighted by molar-refractivity contribution is 5.34. The van der Waals surface area contributed by atoms with Gasteiger partial charge in [0.1, 0.15) is 11.5 Å². The third-order valence-corrected chi connectivity index (χ3v) is 7.30. The summed E-state index contributed by atoms with van der Waals surface area (Å²) in [4.78, 5) is 5.62. The molecule has 0 radical (unpaired) electrons. The van der Waals surface area contributed by atoms with Crippen molar-refractivity contribution < 1.29 is 4.74 Å².